The number of anilines is 1. The van der Waals surface area contributed by atoms with Crippen molar-refractivity contribution in [1.82, 2.24) is 5.16 Å². The highest BCUT2D eigenvalue weighted by Crippen LogP contribution is 2.37. The van der Waals surface area contributed by atoms with Gasteiger partial charge in [0.25, 0.3) is 0 Å². The lowest BCUT2D eigenvalue weighted by Gasteiger charge is -2.08. The molecule has 1 heterocycles. The Morgan fingerprint density at radius 3 is 2.75 bits per heavy atom. The zero-order valence-electron chi connectivity index (χ0n) is 8.33. The minimum atomic E-state index is -0.637. The molecule has 0 aliphatic heterocycles. The first-order chi connectivity index (χ1) is 7.65. The third-order valence-electron chi connectivity index (χ3n) is 2.14. The summed E-state index contributed by atoms with van der Waals surface area (Å²) in [7, 11) is 1.35. The number of ether oxygens (including phenoxy) is 1. The minimum Gasteiger partial charge on any atom is -0.493 e. The Hall–Kier alpha value is -1.75. The Bertz CT molecular complexity index is 528. The second-order valence-electron chi connectivity index (χ2n) is 3.05. The van der Waals surface area contributed by atoms with E-state index in [1.165, 1.54) is 19.4 Å². The van der Waals surface area contributed by atoms with E-state index in [0.717, 1.165) is 0 Å². The molecule has 2 rings (SSSR count). The summed E-state index contributed by atoms with van der Waals surface area (Å²) in [6.07, 6.45) is 1.39. The molecule has 0 atom stereocenters. The number of nitrogen functional groups attached to an aromatic ring is 1. The molecule has 6 heteroatoms. The van der Waals surface area contributed by atoms with Crippen LogP contribution in [0.3, 0.4) is 0 Å². The van der Waals surface area contributed by atoms with Gasteiger partial charge in [-0.25, -0.2) is 4.39 Å². The summed E-state index contributed by atoms with van der Waals surface area (Å²) in [6.45, 7) is 0. The highest BCUT2D eigenvalue weighted by molar-refractivity contribution is 6.31. The molecule has 0 fully saturated rings. The fraction of sp³-hybridized carbons (Fsp3) is 0.100. The molecule has 0 saturated heterocycles. The van der Waals surface area contributed by atoms with E-state index >= 15 is 0 Å². The first-order valence-corrected chi connectivity index (χ1v) is 4.75. The van der Waals surface area contributed by atoms with Gasteiger partial charge >= 0.3 is 0 Å². The Balaban J connectivity index is 2.66. The van der Waals surface area contributed by atoms with Crippen molar-refractivity contribution >= 4 is 17.5 Å². The summed E-state index contributed by atoms with van der Waals surface area (Å²) >= 11 is 5.64. The SMILES string of the molecule is COc1c(-c2cnoc2N)ccc(Cl)c1F. The number of nitrogens with two attached hydrogens (primary N) is 1. The number of rotatable bonds is 2. The van der Waals surface area contributed by atoms with Crippen LogP contribution in [0.25, 0.3) is 11.1 Å². The average molecular weight is 243 g/mol. The van der Waals surface area contributed by atoms with Gasteiger partial charge in [0.15, 0.2) is 11.6 Å². The van der Waals surface area contributed by atoms with Crippen molar-refractivity contribution in [1.29, 1.82) is 0 Å². The van der Waals surface area contributed by atoms with Crippen molar-refractivity contribution in [2.24, 2.45) is 0 Å². The van der Waals surface area contributed by atoms with Gasteiger partial charge in [-0.1, -0.05) is 16.8 Å². The second-order valence-corrected chi connectivity index (χ2v) is 3.45. The Morgan fingerprint density at radius 2 is 2.19 bits per heavy atom. The van der Waals surface area contributed by atoms with E-state index in [1.54, 1.807) is 6.07 Å². The normalized spacial score (nSPS) is 10.4. The summed E-state index contributed by atoms with van der Waals surface area (Å²) in [6, 6.07) is 3.01. The smallest absolute Gasteiger partial charge is 0.230 e. The molecular formula is C10H8ClFN2O2. The molecular weight excluding hydrogens is 235 g/mol. The van der Waals surface area contributed by atoms with Crippen LogP contribution in [-0.4, -0.2) is 12.3 Å². The number of benzene rings is 1. The second kappa shape index (κ2) is 4.02. The van der Waals surface area contributed by atoms with Crippen molar-refractivity contribution < 1.29 is 13.7 Å². The largest absolute Gasteiger partial charge is 0.493 e. The van der Waals surface area contributed by atoms with Gasteiger partial charge in [0.2, 0.25) is 5.88 Å². The summed E-state index contributed by atoms with van der Waals surface area (Å²) in [5.74, 6) is -0.523. The maximum Gasteiger partial charge on any atom is 0.230 e. The van der Waals surface area contributed by atoms with Gasteiger partial charge < -0.3 is 15.0 Å². The average Bonchev–Trinajstić information content (AvgIpc) is 2.68. The minimum absolute atomic E-state index is 0.0161. The molecule has 2 N–H and O–H groups in total. The van der Waals surface area contributed by atoms with Crippen molar-refractivity contribution in [3.8, 4) is 16.9 Å². The van der Waals surface area contributed by atoms with Crippen LogP contribution in [0.15, 0.2) is 22.9 Å². The van der Waals surface area contributed by atoms with Crippen LogP contribution in [0.1, 0.15) is 0 Å². The molecule has 84 valence electrons. The molecule has 0 spiro atoms. The summed E-state index contributed by atoms with van der Waals surface area (Å²) in [5.41, 5.74) is 6.46. The van der Waals surface area contributed by atoms with Gasteiger partial charge in [-0.15, -0.1) is 0 Å². The van der Waals surface area contributed by atoms with Gasteiger partial charge in [-0.05, 0) is 12.1 Å². The molecule has 0 aliphatic carbocycles. The molecule has 0 saturated carbocycles. The lowest BCUT2D eigenvalue weighted by Crippen LogP contribution is -1.94. The Labute approximate surface area is 95.7 Å². The molecule has 0 amide bonds. The third-order valence-corrected chi connectivity index (χ3v) is 2.43. The molecule has 1 aromatic carbocycles. The van der Waals surface area contributed by atoms with Gasteiger partial charge in [0.05, 0.1) is 23.9 Å². The fourth-order valence-electron chi connectivity index (χ4n) is 1.39. The number of hydrogen-bond acceptors (Lipinski definition) is 4. The molecule has 0 unspecified atom stereocenters. The molecule has 0 aliphatic rings. The van der Waals surface area contributed by atoms with Crippen LogP contribution in [0.2, 0.25) is 5.02 Å². The lowest BCUT2D eigenvalue weighted by atomic mass is 10.1. The maximum absolute atomic E-state index is 13.6. The predicted octanol–water partition coefficient (Wildman–Crippen LogP) is 2.72. The van der Waals surface area contributed by atoms with E-state index in [9.17, 15) is 4.39 Å². The van der Waals surface area contributed by atoms with Gasteiger partial charge in [0.1, 0.15) is 0 Å². The topological polar surface area (TPSA) is 61.3 Å². The highest BCUT2D eigenvalue weighted by Gasteiger charge is 2.18. The predicted molar refractivity (Wildman–Crippen MR) is 57.9 cm³/mol. The first-order valence-electron chi connectivity index (χ1n) is 4.37. The molecule has 0 radical (unpaired) electrons. The van der Waals surface area contributed by atoms with Crippen molar-refractivity contribution in [2.45, 2.75) is 0 Å². The van der Waals surface area contributed by atoms with E-state index in [4.69, 9.17) is 26.6 Å². The fourth-order valence-corrected chi connectivity index (χ4v) is 1.54. The molecule has 1 aromatic heterocycles. The zero-order valence-corrected chi connectivity index (χ0v) is 9.08. The van der Waals surface area contributed by atoms with Gasteiger partial charge in [-0.3, -0.25) is 0 Å². The van der Waals surface area contributed by atoms with Crippen LogP contribution in [0.5, 0.6) is 5.75 Å². The van der Waals surface area contributed by atoms with Crippen LogP contribution < -0.4 is 10.5 Å². The zero-order chi connectivity index (χ0) is 11.7. The number of aromatic nitrogens is 1. The summed E-state index contributed by atoms with van der Waals surface area (Å²) in [5, 5.41) is 3.50. The molecule has 4 nitrogen and oxygen atoms in total. The Morgan fingerprint density at radius 1 is 1.44 bits per heavy atom. The Kier molecular flexibility index (Phi) is 2.70. The van der Waals surface area contributed by atoms with Crippen LogP contribution in [0.4, 0.5) is 10.3 Å². The van der Waals surface area contributed by atoms with Crippen molar-refractivity contribution in [3.05, 3.63) is 29.2 Å². The third kappa shape index (κ3) is 1.59. The number of methoxy groups -OCH3 is 1. The van der Waals surface area contributed by atoms with Gasteiger partial charge in [0, 0.05) is 5.56 Å². The van der Waals surface area contributed by atoms with Crippen LogP contribution >= 0.6 is 11.6 Å². The van der Waals surface area contributed by atoms with E-state index in [0.29, 0.717) is 11.1 Å². The molecule has 0 bridgehead atoms. The molecule has 16 heavy (non-hydrogen) atoms. The van der Waals surface area contributed by atoms with Crippen LogP contribution in [0, 0.1) is 5.82 Å². The summed E-state index contributed by atoms with van der Waals surface area (Å²) in [4.78, 5) is 0. The van der Waals surface area contributed by atoms with Gasteiger partial charge in [-0.2, -0.15) is 0 Å². The monoisotopic (exact) mass is 242 g/mol. The first kappa shape index (κ1) is 10.8. The van der Waals surface area contributed by atoms with E-state index < -0.39 is 5.82 Å². The summed E-state index contributed by atoms with van der Waals surface area (Å²) < 4.78 is 23.3. The standard InChI is InChI=1S/C10H8ClFN2O2/c1-15-9-5(2-3-7(11)8(9)12)6-4-14-16-10(6)13/h2-4H,13H2,1H3. The highest BCUT2D eigenvalue weighted by atomic mass is 35.5. The van der Waals surface area contributed by atoms with E-state index in [2.05, 4.69) is 5.16 Å². The molecule has 2 aromatic rings. The van der Waals surface area contributed by atoms with Crippen molar-refractivity contribution in [3.63, 3.8) is 0 Å². The number of halogens is 2. The number of nitrogens with zero attached hydrogens (tertiary/aromatic N) is 1. The van der Waals surface area contributed by atoms with Crippen molar-refractivity contribution in [2.75, 3.05) is 12.8 Å². The quantitative estimate of drug-likeness (QED) is 0.880. The van der Waals surface area contributed by atoms with E-state index in [1.807, 2.05) is 0 Å². The van der Waals surface area contributed by atoms with E-state index in [-0.39, 0.29) is 16.7 Å². The number of hydrogen-bond donors (Lipinski definition) is 1. The van der Waals surface area contributed by atoms with Crippen LogP contribution in [-0.2, 0) is 0 Å². The lowest BCUT2D eigenvalue weighted by molar-refractivity contribution is 0.388. The maximum atomic E-state index is 13.6.